The molecular formula is C42H23N3. The number of para-hydroxylation sites is 2. The Balaban J connectivity index is 1.45. The SMILES string of the molecule is N#Cc1ccc(/C=C(\c2ccc(C#N)cc2)c2cc3ccc4ccc5c6ccccc6n6c7ccccc7c(c2)c3c4c56)cc1. The minimum absolute atomic E-state index is 0.625. The largest absolute Gasteiger partial charge is 0.308 e. The Labute approximate surface area is 259 Å². The Morgan fingerprint density at radius 1 is 0.511 bits per heavy atom. The predicted octanol–water partition coefficient (Wildman–Crippen LogP) is 10.5. The maximum absolute atomic E-state index is 9.48. The minimum atomic E-state index is 0.625. The fraction of sp³-hybridized carbons (Fsp3) is 0. The summed E-state index contributed by atoms with van der Waals surface area (Å²) >= 11 is 0. The fourth-order valence-electron chi connectivity index (χ4n) is 7.12. The van der Waals surface area contributed by atoms with Crippen LogP contribution in [-0.4, -0.2) is 4.40 Å². The van der Waals surface area contributed by atoms with Crippen molar-refractivity contribution in [1.82, 2.24) is 4.40 Å². The van der Waals surface area contributed by atoms with Crippen molar-refractivity contribution in [2.75, 3.05) is 0 Å². The number of rotatable bonds is 3. The Kier molecular flexibility index (Phi) is 5.33. The number of hydrogen-bond acceptors (Lipinski definition) is 2. The molecule has 0 bridgehead atoms. The number of nitriles is 2. The van der Waals surface area contributed by atoms with E-state index in [4.69, 9.17) is 0 Å². The molecule has 0 saturated heterocycles. The smallest absolute Gasteiger partial charge is 0.0991 e. The van der Waals surface area contributed by atoms with Gasteiger partial charge in [-0.15, -0.1) is 0 Å². The molecule has 7 aromatic carbocycles. The monoisotopic (exact) mass is 569 g/mol. The molecule has 2 heterocycles. The first kappa shape index (κ1) is 25.1. The van der Waals surface area contributed by atoms with E-state index in [-0.39, 0.29) is 0 Å². The normalized spacial score (nSPS) is 12.1. The lowest BCUT2D eigenvalue weighted by molar-refractivity contribution is 1.36. The number of hydrogen-bond donors (Lipinski definition) is 0. The highest BCUT2D eigenvalue weighted by Gasteiger charge is 2.19. The predicted molar refractivity (Wildman–Crippen MR) is 185 cm³/mol. The summed E-state index contributed by atoms with van der Waals surface area (Å²) in [5.41, 5.74) is 9.04. The molecule has 0 amide bonds. The zero-order chi connectivity index (χ0) is 30.1. The highest BCUT2D eigenvalue weighted by atomic mass is 14.9. The summed E-state index contributed by atoms with van der Waals surface area (Å²) < 4.78 is 2.45. The third-order valence-corrected chi connectivity index (χ3v) is 9.15. The van der Waals surface area contributed by atoms with E-state index >= 15 is 0 Å². The van der Waals surface area contributed by atoms with E-state index in [1.165, 1.54) is 59.6 Å². The van der Waals surface area contributed by atoms with Crippen molar-refractivity contribution in [3.63, 3.8) is 0 Å². The molecule has 0 saturated carbocycles. The van der Waals surface area contributed by atoms with Crippen molar-refractivity contribution in [3.8, 4) is 12.1 Å². The van der Waals surface area contributed by atoms with Crippen LogP contribution in [0.4, 0.5) is 0 Å². The van der Waals surface area contributed by atoms with E-state index in [2.05, 4.69) is 108 Å². The van der Waals surface area contributed by atoms with Gasteiger partial charge >= 0.3 is 0 Å². The molecule has 9 aromatic rings. The standard InChI is InChI=1S/C42H23N3/c43-24-27-11-9-26(10-12-27)21-36(29-15-13-28(25-44)14-16-29)32-22-31-18-17-30-19-20-35-33-5-1-3-7-38(33)45-39-8-4-2-6-34(39)37(23-32)40(31)41(30)42(35)45/h1-23H/b36-21+. The Bertz CT molecular complexity index is 2750. The lowest BCUT2D eigenvalue weighted by atomic mass is 9.89. The summed E-state index contributed by atoms with van der Waals surface area (Å²) in [6, 6.07) is 51.0. The molecule has 9 rings (SSSR count). The van der Waals surface area contributed by atoms with Crippen LogP contribution in [0.1, 0.15) is 27.8 Å². The Morgan fingerprint density at radius 3 is 1.80 bits per heavy atom. The first-order valence-electron chi connectivity index (χ1n) is 15.0. The van der Waals surface area contributed by atoms with E-state index in [9.17, 15) is 10.5 Å². The summed E-state index contributed by atoms with van der Waals surface area (Å²) in [6.45, 7) is 0. The average molecular weight is 570 g/mol. The zero-order valence-corrected chi connectivity index (χ0v) is 24.1. The van der Waals surface area contributed by atoms with Crippen molar-refractivity contribution < 1.29 is 0 Å². The highest BCUT2D eigenvalue weighted by Crippen LogP contribution is 2.44. The summed E-state index contributed by atoms with van der Waals surface area (Å²) in [5, 5.41) is 28.7. The highest BCUT2D eigenvalue weighted by molar-refractivity contribution is 6.32. The van der Waals surface area contributed by atoms with E-state index in [0.29, 0.717) is 11.1 Å². The van der Waals surface area contributed by atoms with Gasteiger partial charge in [-0.05, 0) is 98.4 Å². The van der Waals surface area contributed by atoms with E-state index in [1.54, 1.807) is 0 Å². The second-order valence-electron chi connectivity index (χ2n) is 11.6. The van der Waals surface area contributed by atoms with Crippen LogP contribution in [0.2, 0.25) is 0 Å². The molecule has 0 aliphatic rings. The average Bonchev–Trinajstić information content (AvgIpc) is 3.38. The van der Waals surface area contributed by atoms with Gasteiger partial charge in [-0.25, -0.2) is 0 Å². The Morgan fingerprint density at radius 2 is 1.11 bits per heavy atom. The van der Waals surface area contributed by atoms with Crippen LogP contribution in [0.3, 0.4) is 0 Å². The molecule has 0 aliphatic carbocycles. The second kappa shape index (κ2) is 9.55. The zero-order valence-electron chi connectivity index (χ0n) is 24.1. The van der Waals surface area contributed by atoms with Gasteiger partial charge in [-0.1, -0.05) is 84.9 Å². The molecule has 0 fully saturated rings. The molecule has 45 heavy (non-hydrogen) atoms. The summed E-state index contributed by atoms with van der Waals surface area (Å²) in [5.74, 6) is 0. The van der Waals surface area contributed by atoms with Gasteiger partial charge in [0.1, 0.15) is 0 Å². The van der Waals surface area contributed by atoms with Crippen molar-refractivity contribution in [1.29, 1.82) is 10.5 Å². The Hall–Kier alpha value is -6.42. The molecule has 206 valence electrons. The first-order chi connectivity index (χ1) is 22.2. The molecule has 0 unspecified atom stereocenters. The van der Waals surface area contributed by atoms with Gasteiger partial charge < -0.3 is 4.40 Å². The number of benzene rings is 7. The van der Waals surface area contributed by atoms with Crippen molar-refractivity contribution in [2.45, 2.75) is 0 Å². The van der Waals surface area contributed by atoms with Crippen LogP contribution < -0.4 is 0 Å². The molecule has 3 nitrogen and oxygen atoms in total. The molecule has 3 heteroatoms. The topological polar surface area (TPSA) is 52.0 Å². The maximum Gasteiger partial charge on any atom is 0.0991 e. The van der Waals surface area contributed by atoms with Crippen molar-refractivity contribution in [2.24, 2.45) is 0 Å². The molecular weight excluding hydrogens is 546 g/mol. The van der Waals surface area contributed by atoms with Gasteiger partial charge in [0.2, 0.25) is 0 Å². The van der Waals surface area contributed by atoms with Crippen LogP contribution >= 0.6 is 0 Å². The lowest BCUT2D eigenvalue weighted by Crippen LogP contribution is -1.91. The van der Waals surface area contributed by atoms with Crippen LogP contribution in [0.25, 0.3) is 71.3 Å². The van der Waals surface area contributed by atoms with E-state index in [1.807, 2.05) is 48.5 Å². The van der Waals surface area contributed by atoms with Crippen molar-refractivity contribution in [3.05, 3.63) is 161 Å². The molecule has 0 radical (unpaired) electrons. The van der Waals surface area contributed by atoms with Crippen LogP contribution in [-0.2, 0) is 0 Å². The van der Waals surface area contributed by atoms with Gasteiger partial charge in [-0.3, -0.25) is 0 Å². The molecule has 0 aliphatic heterocycles. The van der Waals surface area contributed by atoms with Gasteiger partial charge in [-0.2, -0.15) is 10.5 Å². The summed E-state index contributed by atoms with van der Waals surface area (Å²) in [6.07, 6.45) is 2.18. The van der Waals surface area contributed by atoms with Gasteiger partial charge in [0.15, 0.2) is 0 Å². The first-order valence-corrected chi connectivity index (χ1v) is 15.0. The van der Waals surface area contributed by atoms with E-state index < -0.39 is 0 Å². The molecule has 2 aromatic heterocycles. The molecule has 0 spiro atoms. The third kappa shape index (κ3) is 3.69. The number of fused-ring (bicyclic) bond motifs is 6. The van der Waals surface area contributed by atoms with Gasteiger partial charge in [0.05, 0.1) is 39.8 Å². The molecule has 0 N–H and O–H groups in total. The fourth-order valence-corrected chi connectivity index (χ4v) is 7.12. The van der Waals surface area contributed by atoms with E-state index in [0.717, 1.165) is 22.3 Å². The summed E-state index contributed by atoms with van der Waals surface area (Å²) in [7, 11) is 0. The summed E-state index contributed by atoms with van der Waals surface area (Å²) in [4.78, 5) is 0. The lowest BCUT2D eigenvalue weighted by Gasteiger charge is -2.14. The second-order valence-corrected chi connectivity index (χ2v) is 11.6. The quantitative estimate of drug-likeness (QED) is 0.157. The maximum atomic E-state index is 9.48. The third-order valence-electron chi connectivity index (χ3n) is 9.15. The van der Waals surface area contributed by atoms with Crippen molar-refractivity contribution >= 4 is 71.3 Å². The number of nitrogens with zero attached hydrogens (tertiary/aromatic N) is 3. The van der Waals surface area contributed by atoms with Gasteiger partial charge in [0.25, 0.3) is 0 Å². The van der Waals surface area contributed by atoms with Gasteiger partial charge in [0, 0.05) is 21.5 Å². The van der Waals surface area contributed by atoms with Crippen LogP contribution in [0.15, 0.2) is 133 Å². The molecule has 0 atom stereocenters. The minimum Gasteiger partial charge on any atom is -0.308 e. The van der Waals surface area contributed by atoms with Crippen LogP contribution in [0, 0.1) is 22.7 Å². The van der Waals surface area contributed by atoms with Crippen LogP contribution in [0.5, 0.6) is 0 Å². The number of aromatic nitrogens is 1.